The molecule has 43 heavy (non-hydrogen) atoms. The molecule has 0 bridgehead atoms. The van der Waals surface area contributed by atoms with Crippen LogP contribution >= 0.6 is 0 Å². The summed E-state index contributed by atoms with van der Waals surface area (Å²) < 4.78 is 57.6. The number of fused-ring (bicyclic) bond motifs is 1. The second kappa shape index (κ2) is 11.6. The molecular weight excluding hydrogens is 561 g/mol. The van der Waals surface area contributed by atoms with Gasteiger partial charge in [-0.3, -0.25) is 0 Å². The van der Waals surface area contributed by atoms with E-state index in [4.69, 9.17) is 14.7 Å². The zero-order chi connectivity index (χ0) is 30.1. The average Bonchev–Trinajstić information content (AvgIpc) is 3.31. The zero-order valence-corrected chi connectivity index (χ0v) is 22.6. The van der Waals surface area contributed by atoms with E-state index < -0.39 is 29.0 Å². The van der Waals surface area contributed by atoms with E-state index in [0.29, 0.717) is 29.2 Å². The summed E-state index contributed by atoms with van der Waals surface area (Å²) >= 11 is 0. The molecule has 8 nitrogen and oxygen atoms in total. The van der Waals surface area contributed by atoms with Crippen molar-refractivity contribution in [2.75, 3.05) is 6.61 Å². The minimum Gasteiger partial charge on any atom is -0.478 e. The lowest BCUT2D eigenvalue weighted by Crippen LogP contribution is -2.32. The summed E-state index contributed by atoms with van der Waals surface area (Å²) in [7, 11) is 0. The fraction of sp³-hybridized carbons (Fsp3) is 0.188. The normalized spacial score (nSPS) is 14.3. The quantitative estimate of drug-likeness (QED) is 0.225. The Hall–Kier alpha value is -5.21. The van der Waals surface area contributed by atoms with Crippen LogP contribution in [0.1, 0.15) is 39.3 Å². The number of carbonyl (C=O) groups is 1. The molecule has 6 rings (SSSR count). The number of hydrogen-bond donors (Lipinski definition) is 1. The molecule has 2 aromatic heterocycles. The topological polar surface area (TPSA) is 110 Å². The monoisotopic (exact) mass is 584 g/mol. The Kier molecular flexibility index (Phi) is 7.52. The van der Waals surface area contributed by atoms with E-state index in [-0.39, 0.29) is 53.8 Å². The van der Waals surface area contributed by atoms with Crippen LogP contribution in [0.25, 0.3) is 22.3 Å². The maximum absolute atomic E-state index is 15.4. The van der Waals surface area contributed by atoms with Crippen molar-refractivity contribution >= 4 is 17.0 Å². The van der Waals surface area contributed by atoms with Crippen molar-refractivity contribution in [2.24, 2.45) is 0 Å². The van der Waals surface area contributed by atoms with Gasteiger partial charge in [0.15, 0.2) is 5.82 Å². The first-order valence-electron chi connectivity index (χ1n) is 13.4. The van der Waals surface area contributed by atoms with Crippen molar-refractivity contribution < 1.29 is 32.5 Å². The van der Waals surface area contributed by atoms with Gasteiger partial charge in [0, 0.05) is 30.2 Å². The number of aromatic nitrogens is 3. The van der Waals surface area contributed by atoms with Crippen LogP contribution in [0.15, 0.2) is 66.7 Å². The third-order valence-corrected chi connectivity index (χ3v) is 7.29. The highest BCUT2D eigenvalue weighted by Crippen LogP contribution is 2.29. The second-order valence-corrected chi connectivity index (χ2v) is 10.1. The van der Waals surface area contributed by atoms with Gasteiger partial charge in [0.25, 0.3) is 0 Å². The van der Waals surface area contributed by atoms with Crippen molar-refractivity contribution in [3.05, 3.63) is 112 Å². The van der Waals surface area contributed by atoms with Gasteiger partial charge in [-0.05, 0) is 54.4 Å². The van der Waals surface area contributed by atoms with E-state index >= 15 is 8.78 Å². The molecule has 1 unspecified atom stereocenters. The fourth-order valence-corrected chi connectivity index (χ4v) is 4.95. The smallest absolute Gasteiger partial charge is 0.338 e. The number of imidazole rings is 1. The van der Waals surface area contributed by atoms with Crippen molar-refractivity contribution in [3.63, 3.8) is 0 Å². The molecule has 1 aliphatic heterocycles. The van der Waals surface area contributed by atoms with E-state index in [1.165, 1.54) is 30.3 Å². The molecule has 1 atom stereocenters. The highest BCUT2D eigenvalue weighted by molar-refractivity contribution is 5.93. The van der Waals surface area contributed by atoms with Crippen LogP contribution in [0.4, 0.5) is 13.2 Å². The lowest BCUT2D eigenvalue weighted by Gasteiger charge is -2.27. The zero-order valence-electron chi connectivity index (χ0n) is 22.6. The maximum atomic E-state index is 15.4. The highest BCUT2D eigenvalue weighted by Gasteiger charge is 2.25. The number of ether oxygens (including phenoxy) is 2. The Morgan fingerprint density at radius 2 is 1.91 bits per heavy atom. The first-order chi connectivity index (χ1) is 20.8. The van der Waals surface area contributed by atoms with E-state index in [1.54, 1.807) is 34.9 Å². The number of pyridine rings is 1. The van der Waals surface area contributed by atoms with Gasteiger partial charge in [0.1, 0.15) is 29.6 Å². The van der Waals surface area contributed by atoms with Crippen LogP contribution in [0, 0.1) is 28.8 Å². The molecule has 3 aromatic carbocycles. The van der Waals surface area contributed by atoms with Crippen LogP contribution in [0.2, 0.25) is 0 Å². The molecule has 3 heterocycles. The molecule has 5 aromatic rings. The van der Waals surface area contributed by atoms with Crippen LogP contribution in [0.5, 0.6) is 5.88 Å². The Morgan fingerprint density at radius 3 is 2.60 bits per heavy atom. The lowest BCUT2D eigenvalue weighted by atomic mass is 10.1. The first-order valence-corrected chi connectivity index (χ1v) is 13.4. The van der Waals surface area contributed by atoms with Crippen LogP contribution in [0.3, 0.4) is 0 Å². The number of nitriles is 1. The Labute approximate surface area is 243 Å². The van der Waals surface area contributed by atoms with Gasteiger partial charge in [-0.2, -0.15) is 5.26 Å². The summed E-state index contributed by atoms with van der Waals surface area (Å²) in [6.07, 6.45) is 0.783. The lowest BCUT2D eigenvalue weighted by molar-refractivity contribution is -0.0590. The summed E-state index contributed by atoms with van der Waals surface area (Å²) in [4.78, 5) is 20.4. The van der Waals surface area contributed by atoms with Crippen molar-refractivity contribution in [1.82, 2.24) is 14.5 Å². The number of halogens is 3. The molecule has 0 amide bonds. The molecule has 1 aliphatic rings. The predicted octanol–water partition coefficient (Wildman–Crippen LogP) is 6.04. The molecule has 1 fully saturated rings. The molecule has 11 heteroatoms. The van der Waals surface area contributed by atoms with E-state index in [2.05, 4.69) is 9.97 Å². The van der Waals surface area contributed by atoms with E-state index in [1.807, 2.05) is 6.07 Å². The Balaban J connectivity index is 1.25. The van der Waals surface area contributed by atoms with E-state index in [9.17, 15) is 14.3 Å². The predicted molar refractivity (Wildman–Crippen MR) is 149 cm³/mol. The second-order valence-electron chi connectivity index (χ2n) is 10.1. The number of rotatable bonds is 9. The molecule has 0 aliphatic carbocycles. The number of carboxylic acids is 1. The number of nitrogens with zero attached hydrogens (tertiary/aromatic N) is 4. The summed E-state index contributed by atoms with van der Waals surface area (Å²) in [5, 5.41) is 18.3. The number of benzene rings is 3. The van der Waals surface area contributed by atoms with Gasteiger partial charge in [0.05, 0.1) is 41.1 Å². The molecule has 0 spiro atoms. The Morgan fingerprint density at radius 1 is 1.07 bits per heavy atom. The van der Waals surface area contributed by atoms with Gasteiger partial charge in [-0.25, -0.2) is 27.9 Å². The summed E-state index contributed by atoms with van der Waals surface area (Å²) in [6.45, 7) is 0.751. The maximum Gasteiger partial charge on any atom is 0.338 e. The first kappa shape index (κ1) is 27.9. The SMILES string of the molecule is N#Cc1ccc(COc2cccc(-c3ccc(Cc4nc5ccc(C(=O)O)c(F)c5n4CC4CCO4)cc3F)n2)c(F)c1. The Bertz CT molecular complexity index is 1910. The minimum atomic E-state index is -1.38. The number of carboxylic acid groups (broad SMARTS) is 1. The van der Waals surface area contributed by atoms with Gasteiger partial charge in [-0.1, -0.05) is 18.2 Å². The number of aromatic carboxylic acids is 1. The van der Waals surface area contributed by atoms with Gasteiger partial charge < -0.3 is 19.1 Å². The average molecular weight is 585 g/mol. The third-order valence-electron chi connectivity index (χ3n) is 7.29. The highest BCUT2D eigenvalue weighted by atomic mass is 19.1. The van der Waals surface area contributed by atoms with Crippen molar-refractivity contribution in [3.8, 4) is 23.2 Å². The van der Waals surface area contributed by atoms with Gasteiger partial charge in [-0.15, -0.1) is 0 Å². The van der Waals surface area contributed by atoms with Crippen LogP contribution < -0.4 is 4.74 Å². The molecule has 1 N–H and O–H groups in total. The molecule has 1 saturated heterocycles. The van der Waals surface area contributed by atoms with Gasteiger partial charge in [0.2, 0.25) is 5.88 Å². The third kappa shape index (κ3) is 5.65. The molecular formula is C32H23F3N4O4. The summed E-state index contributed by atoms with van der Waals surface area (Å²) in [6, 6.07) is 18.1. The standard InChI is InChI=1S/C32H23F3N4O4/c33-24-13-19(15-36)4-6-20(24)17-43-29-3-1-2-26(38-29)22-7-5-18(12-25(22)34)14-28-37-27-9-8-23(32(40)41)30(35)31(27)39(28)16-21-10-11-42-21/h1-9,12-13,21H,10-11,14,16-17H2,(H,40,41). The number of hydrogen-bond acceptors (Lipinski definition) is 6. The van der Waals surface area contributed by atoms with Crippen molar-refractivity contribution in [1.29, 1.82) is 5.26 Å². The van der Waals surface area contributed by atoms with Crippen LogP contribution in [-0.2, 0) is 24.3 Å². The minimum absolute atomic E-state index is 0.0735. The summed E-state index contributed by atoms with van der Waals surface area (Å²) in [5.74, 6) is -2.77. The molecule has 0 saturated carbocycles. The van der Waals surface area contributed by atoms with Crippen LogP contribution in [-0.4, -0.2) is 38.3 Å². The molecule has 216 valence electrons. The van der Waals surface area contributed by atoms with Crippen molar-refractivity contribution in [2.45, 2.75) is 32.1 Å². The fourth-order valence-electron chi connectivity index (χ4n) is 4.95. The van der Waals surface area contributed by atoms with E-state index in [0.717, 1.165) is 12.5 Å². The summed E-state index contributed by atoms with van der Waals surface area (Å²) in [5.41, 5.74) is 1.45. The largest absolute Gasteiger partial charge is 0.478 e. The van der Waals surface area contributed by atoms with Gasteiger partial charge >= 0.3 is 5.97 Å². The molecule has 0 radical (unpaired) electrons.